The van der Waals surface area contributed by atoms with Crippen LogP contribution in [-0.2, 0) is 11.3 Å². The van der Waals surface area contributed by atoms with Gasteiger partial charge in [0.1, 0.15) is 0 Å². The van der Waals surface area contributed by atoms with Gasteiger partial charge in [-0.25, -0.2) is 0 Å². The first-order chi connectivity index (χ1) is 10.2. The van der Waals surface area contributed by atoms with Gasteiger partial charge in [-0.3, -0.25) is 4.99 Å². The lowest BCUT2D eigenvalue weighted by Crippen LogP contribution is -2.57. The number of likely N-dealkylation sites (N-methyl/N-ethyl adjacent to an activating group) is 1. The Morgan fingerprint density at radius 3 is 2.71 bits per heavy atom. The Bertz CT molecular complexity index is 439. The van der Waals surface area contributed by atoms with Crippen molar-refractivity contribution < 1.29 is 4.74 Å². The van der Waals surface area contributed by atoms with Gasteiger partial charge in [0.25, 0.3) is 0 Å². The van der Waals surface area contributed by atoms with Gasteiger partial charge < -0.3 is 20.3 Å². The van der Waals surface area contributed by atoms with Crippen LogP contribution in [0.1, 0.15) is 18.4 Å². The van der Waals surface area contributed by atoms with E-state index in [1.54, 1.807) is 11.3 Å². The minimum Gasteiger partial charge on any atom is -0.381 e. The van der Waals surface area contributed by atoms with Crippen LogP contribution in [0.4, 0.5) is 0 Å². The molecule has 6 heteroatoms. The van der Waals surface area contributed by atoms with Crippen molar-refractivity contribution in [3.8, 4) is 0 Å². The number of nitrogens with one attached hydrogen (secondary N) is 2. The Morgan fingerprint density at radius 1 is 1.38 bits per heavy atom. The van der Waals surface area contributed by atoms with Crippen molar-refractivity contribution in [3.05, 3.63) is 22.4 Å². The average molecular weight is 310 g/mol. The van der Waals surface area contributed by atoms with Gasteiger partial charge in [-0.15, -0.1) is 0 Å². The topological polar surface area (TPSA) is 48.9 Å². The third-order valence-corrected chi connectivity index (χ3v) is 4.95. The Balaban J connectivity index is 1.86. The molecule has 0 atom stereocenters. The molecule has 5 nitrogen and oxygen atoms in total. The quantitative estimate of drug-likeness (QED) is 0.639. The zero-order chi connectivity index (χ0) is 15.1. The van der Waals surface area contributed by atoms with Crippen LogP contribution < -0.4 is 10.6 Å². The highest BCUT2D eigenvalue weighted by Crippen LogP contribution is 2.24. The van der Waals surface area contributed by atoms with Crippen LogP contribution in [0.2, 0.25) is 0 Å². The van der Waals surface area contributed by atoms with E-state index in [2.05, 4.69) is 51.4 Å². The zero-order valence-corrected chi connectivity index (χ0v) is 14.0. The monoisotopic (exact) mass is 310 g/mol. The fourth-order valence-electron chi connectivity index (χ4n) is 2.58. The lowest BCUT2D eigenvalue weighted by molar-refractivity contribution is -0.00501. The van der Waals surface area contributed by atoms with E-state index in [0.29, 0.717) is 0 Å². The molecule has 0 amide bonds. The number of thiophene rings is 1. The van der Waals surface area contributed by atoms with Gasteiger partial charge in [-0.1, -0.05) is 0 Å². The van der Waals surface area contributed by atoms with E-state index in [4.69, 9.17) is 4.74 Å². The van der Waals surface area contributed by atoms with E-state index < -0.39 is 0 Å². The van der Waals surface area contributed by atoms with Crippen molar-refractivity contribution in [2.75, 3.05) is 40.9 Å². The van der Waals surface area contributed by atoms with Gasteiger partial charge in [-0.05, 0) is 49.3 Å². The van der Waals surface area contributed by atoms with Gasteiger partial charge in [0, 0.05) is 38.9 Å². The summed E-state index contributed by atoms with van der Waals surface area (Å²) in [5.41, 5.74) is 1.44. The number of aliphatic imine (C=N–C) groups is 1. The third-order valence-electron chi connectivity index (χ3n) is 4.22. The molecule has 0 radical (unpaired) electrons. The second-order valence-electron chi connectivity index (χ2n) is 5.64. The average Bonchev–Trinajstić information content (AvgIpc) is 3.01. The molecule has 1 aliphatic rings. The molecule has 0 bridgehead atoms. The number of rotatable bonds is 5. The Kier molecular flexibility index (Phi) is 6.02. The fourth-order valence-corrected chi connectivity index (χ4v) is 3.25. The molecule has 1 fully saturated rings. The zero-order valence-electron chi connectivity index (χ0n) is 13.2. The molecule has 0 spiro atoms. The van der Waals surface area contributed by atoms with Gasteiger partial charge in [0.15, 0.2) is 5.96 Å². The number of nitrogens with zero attached hydrogens (tertiary/aromatic N) is 2. The van der Waals surface area contributed by atoms with Crippen molar-refractivity contribution in [3.63, 3.8) is 0 Å². The molecule has 2 heterocycles. The molecule has 21 heavy (non-hydrogen) atoms. The molecule has 2 N–H and O–H groups in total. The molecule has 1 aliphatic heterocycles. The van der Waals surface area contributed by atoms with E-state index in [1.165, 1.54) is 5.56 Å². The number of hydrogen-bond donors (Lipinski definition) is 2. The van der Waals surface area contributed by atoms with E-state index in [-0.39, 0.29) is 5.54 Å². The molecule has 0 aromatic carbocycles. The molecular weight excluding hydrogens is 284 g/mol. The Hall–Kier alpha value is -1.11. The molecule has 0 aliphatic carbocycles. The summed E-state index contributed by atoms with van der Waals surface area (Å²) in [6.45, 7) is 3.36. The predicted octanol–water partition coefficient (Wildman–Crippen LogP) is 1.52. The third kappa shape index (κ3) is 4.43. The summed E-state index contributed by atoms with van der Waals surface area (Å²) < 4.78 is 5.51. The second kappa shape index (κ2) is 7.77. The second-order valence-corrected chi connectivity index (χ2v) is 6.42. The highest BCUT2D eigenvalue weighted by molar-refractivity contribution is 7.07. The molecule has 118 valence electrons. The lowest BCUT2D eigenvalue weighted by Gasteiger charge is -2.43. The number of ether oxygens (including phenoxy) is 1. The SMILES string of the molecule is CN=C(NCc1ccsc1)NCC1(N(C)C)CCOCC1. The van der Waals surface area contributed by atoms with Crippen molar-refractivity contribution in [1.29, 1.82) is 0 Å². The van der Waals surface area contributed by atoms with Gasteiger partial charge >= 0.3 is 0 Å². The maximum absolute atomic E-state index is 5.51. The maximum Gasteiger partial charge on any atom is 0.191 e. The predicted molar refractivity (Wildman–Crippen MR) is 89.0 cm³/mol. The maximum atomic E-state index is 5.51. The molecule has 1 aromatic heterocycles. The van der Waals surface area contributed by atoms with Crippen LogP contribution in [0.5, 0.6) is 0 Å². The standard InChI is InChI=1S/C15H26N4OS/c1-16-14(17-10-13-4-9-21-11-13)18-12-15(19(2)3)5-7-20-8-6-15/h4,9,11H,5-8,10,12H2,1-3H3,(H2,16,17,18). The van der Waals surface area contributed by atoms with Crippen LogP contribution in [0.15, 0.2) is 21.8 Å². The van der Waals surface area contributed by atoms with Crippen LogP contribution in [0.25, 0.3) is 0 Å². The van der Waals surface area contributed by atoms with E-state index in [1.807, 2.05) is 7.05 Å². The van der Waals surface area contributed by atoms with Crippen molar-refractivity contribution >= 4 is 17.3 Å². The molecule has 0 unspecified atom stereocenters. The lowest BCUT2D eigenvalue weighted by atomic mass is 9.88. The first kappa shape index (κ1) is 16.3. The summed E-state index contributed by atoms with van der Waals surface area (Å²) >= 11 is 1.72. The van der Waals surface area contributed by atoms with Crippen molar-refractivity contribution in [2.45, 2.75) is 24.9 Å². The minimum absolute atomic E-state index is 0.151. The highest BCUT2D eigenvalue weighted by Gasteiger charge is 2.34. The first-order valence-corrected chi connectivity index (χ1v) is 8.31. The van der Waals surface area contributed by atoms with E-state index in [9.17, 15) is 0 Å². The molecular formula is C15H26N4OS. The summed E-state index contributed by atoms with van der Waals surface area (Å²) in [6.07, 6.45) is 2.10. The molecule has 1 saturated heterocycles. The summed E-state index contributed by atoms with van der Waals surface area (Å²) in [5, 5.41) is 11.1. The van der Waals surface area contributed by atoms with E-state index in [0.717, 1.165) is 45.1 Å². The minimum atomic E-state index is 0.151. The van der Waals surface area contributed by atoms with Crippen LogP contribution >= 0.6 is 11.3 Å². The Labute approximate surface area is 131 Å². The highest BCUT2D eigenvalue weighted by atomic mass is 32.1. The number of guanidine groups is 1. The molecule has 2 rings (SSSR count). The van der Waals surface area contributed by atoms with Gasteiger partial charge in [-0.2, -0.15) is 11.3 Å². The van der Waals surface area contributed by atoms with Gasteiger partial charge in [0.05, 0.1) is 0 Å². The van der Waals surface area contributed by atoms with Crippen LogP contribution in [0.3, 0.4) is 0 Å². The first-order valence-electron chi connectivity index (χ1n) is 7.37. The van der Waals surface area contributed by atoms with Crippen LogP contribution in [-0.4, -0.2) is 57.3 Å². The summed E-state index contributed by atoms with van der Waals surface area (Å²) in [7, 11) is 6.11. The molecule has 1 aromatic rings. The molecule has 0 saturated carbocycles. The normalized spacial score (nSPS) is 18.8. The summed E-state index contributed by atoms with van der Waals surface area (Å²) in [5.74, 6) is 0.855. The van der Waals surface area contributed by atoms with Crippen LogP contribution in [0, 0.1) is 0 Å². The summed E-state index contributed by atoms with van der Waals surface area (Å²) in [4.78, 5) is 6.62. The van der Waals surface area contributed by atoms with E-state index >= 15 is 0 Å². The van der Waals surface area contributed by atoms with Gasteiger partial charge in [0.2, 0.25) is 0 Å². The van der Waals surface area contributed by atoms with Crippen molar-refractivity contribution in [2.24, 2.45) is 4.99 Å². The smallest absolute Gasteiger partial charge is 0.191 e. The number of hydrogen-bond acceptors (Lipinski definition) is 4. The van der Waals surface area contributed by atoms with Crippen molar-refractivity contribution in [1.82, 2.24) is 15.5 Å². The summed E-state index contributed by atoms with van der Waals surface area (Å²) in [6, 6.07) is 2.13. The largest absolute Gasteiger partial charge is 0.381 e. The Morgan fingerprint density at radius 2 is 2.14 bits per heavy atom. The fraction of sp³-hybridized carbons (Fsp3) is 0.667.